The first-order chi connectivity index (χ1) is 24.8. The van der Waals surface area contributed by atoms with Crippen LogP contribution in [0.3, 0.4) is 0 Å². The Labute approximate surface area is 317 Å². The zero-order chi connectivity index (χ0) is 39.3. The summed E-state index contributed by atoms with van der Waals surface area (Å²) in [4.78, 5) is 26.4. The average molecular weight is 751 g/mol. The van der Waals surface area contributed by atoms with E-state index in [0.717, 1.165) is 6.42 Å². The third-order valence-corrected chi connectivity index (χ3v) is 14.4. The second kappa shape index (κ2) is 16.2. The highest BCUT2D eigenvalue weighted by Gasteiger charge is 2.63. The van der Waals surface area contributed by atoms with Crippen LogP contribution in [-0.2, 0) is 33.3 Å². The molecule has 0 saturated carbocycles. The average Bonchev–Trinajstić information content (AvgIpc) is 3.47. The van der Waals surface area contributed by atoms with Gasteiger partial charge in [-0.1, -0.05) is 55.4 Å². The van der Waals surface area contributed by atoms with E-state index in [9.17, 15) is 30.0 Å². The van der Waals surface area contributed by atoms with Crippen LogP contribution in [0.25, 0.3) is 0 Å². The zero-order valence-corrected chi connectivity index (χ0v) is 34.0. The molecule has 11 nitrogen and oxygen atoms in total. The minimum atomic E-state index is -1.37. The minimum Gasteiger partial charge on any atom is -0.481 e. The van der Waals surface area contributed by atoms with E-state index in [1.165, 1.54) is 0 Å². The van der Waals surface area contributed by atoms with Crippen molar-refractivity contribution in [3.8, 4) is 0 Å². The molecule has 0 aromatic rings. The maximum absolute atomic E-state index is 14.4. The van der Waals surface area contributed by atoms with Gasteiger partial charge in [-0.15, -0.1) is 0 Å². The lowest BCUT2D eigenvalue weighted by molar-refractivity contribution is -0.409. The van der Waals surface area contributed by atoms with Crippen molar-refractivity contribution >= 4 is 11.8 Å². The predicted octanol–water partition coefficient (Wildman–Crippen LogP) is 6.19. The topological polar surface area (TPSA) is 161 Å². The fraction of sp³-hybridized carbons (Fsp3) is 0.905. The monoisotopic (exact) mass is 750 g/mol. The summed E-state index contributed by atoms with van der Waals surface area (Å²) in [5.74, 6) is -5.78. The van der Waals surface area contributed by atoms with Crippen LogP contribution in [0.1, 0.15) is 133 Å². The van der Waals surface area contributed by atoms with E-state index in [4.69, 9.17) is 23.7 Å². The first-order valence-corrected chi connectivity index (χ1v) is 20.7. The summed E-state index contributed by atoms with van der Waals surface area (Å²) in [6.07, 6.45) is 5.51. The van der Waals surface area contributed by atoms with Crippen molar-refractivity contribution in [2.24, 2.45) is 41.4 Å². The molecular weight excluding hydrogens is 680 g/mol. The second-order valence-electron chi connectivity index (χ2n) is 17.9. The number of carboxylic acids is 1. The molecule has 18 atom stereocenters. The van der Waals surface area contributed by atoms with Crippen LogP contribution in [0.2, 0.25) is 0 Å². The Morgan fingerprint density at radius 2 is 1.57 bits per heavy atom. The predicted molar refractivity (Wildman–Crippen MR) is 199 cm³/mol. The summed E-state index contributed by atoms with van der Waals surface area (Å²) in [5, 5.41) is 44.0. The number of hydrogen-bond donors (Lipinski definition) is 4. The number of ether oxygens (including phenoxy) is 5. The molecule has 4 fully saturated rings. The van der Waals surface area contributed by atoms with Gasteiger partial charge in [0.25, 0.3) is 0 Å². The van der Waals surface area contributed by atoms with Gasteiger partial charge in [0.1, 0.15) is 11.9 Å². The highest BCUT2D eigenvalue weighted by atomic mass is 16.8. The fourth-order valence-corrected chi connectivity index (χ4v) is 10.5. The lowest BCUT2D eigenvalue weighted by Gasteiger charge is -2.54. The Morgan fingerprint density at radius 3 is 2.17 bits per heavy atom. The maximum Gasteiger partial charge on any atom is 0.309 e. The van der Waals surface area contributed by atoms with Crippen LogP contribution in [0.4, 0.5) is 0 Å². The van der Waals surface area contributed by atoms with E-state index in [1.54, 1.807) is 19.1 Å². The number of carbonyl (C=O) groups is 2. The first-order valence-electron chi connectivity index (χ1n) is 20.7. The Hall–Kier alpha value is -1.44. The molecule has 11 heteroatoms. The third-order valence-electron chi connectivity index (χ3n) is 14.4. The van der Waals surface area contributed by atoms with Crippen molar-refractivity contribution in [3.63, 3.8) is 0 Å². The Bertz CT molecular complexity index is 1320. The number of ketones is 1. The zero-order valence-electron chi connectivity index (χ0n) is 34.0. The van der Waals surface area contributed by atoms with Crippen LogP contribution in [-0.4, -0.2) is 97.7 Å². The van der Waals surface area contributed by atoms with Crippen molar-refractivity contribution in [2.75, 3.05) is 0 Å². The Morgan fingerprint density at radius 1 is 0.887 bits per heavy atom. The molecule has 304 valence electrons. The number of aliphatic carboxylic acids is 1. The molecule has 0 bridgehead atoms. The Balaban J connectivity index is 1.31. The van der Waals surface area contributed by atoms with E-state index in [-0.39, 0.29) is 41.8 Å². The van der Waals surface area contributed by atoms with Crippen molar-refractivity contribution in [2.45, 2.75) is 199 Å². The highest BCUT2D eigenvalue weighted by molar-refractivity contribution is 5.84. The Kier molecular flexibility index (Phi) is 13.0. The molecule has 0 radical (unpaired) electrons. The molecular formula is C42H70O11. The van der Waals surface area contributed by atoms with Crippen molar-refractivity contribution in [1.29, 1.82) is 0 Å². The number of hydrogen-bond acceptors (Lipinski definition) is 10. The molecule has 4 saturated heterocycles. The van der Waals surface area contributed by atoms with Crippen molar-refractivity contribution in [3.05, 3.63) is 12.2 Å². The van der Waals surface area contributed by atoms with Gasteiger partial charge in [0.05, 0.1) is 53.7 Å². The molecule has 5 heterocycles. The van der Waals surface area contributed by atoms with Crippen LogP contribution in [0.5, 0.6) is 0 Å². The fourth-order valence-electron chi connectivity index (χ4n) is 10.5. The number of Topliss-reactive ketones (excluding diaryl/α,β-unsaturated/α-hetero) is 1. The van der Waals surface area contributed by atoms with Gasteiger partial charge in [0.15, 0.2) is 5.79 Å². The largest absolute Gasteiger partial charge is 0.481 e. The van der Waals surface area contributed by atoms with Crippen LogP contribution in [0.15, 0.2) is 12.2 Å². The first kappa shape index (κ1) is 42.7. The van der Waals surface area contributed by atoms with Gasteiger partial charge in [0, 0.05) is 30.1 Å². The number of rotatable bonds is 12. The molecule has 5 rings (SSSR count). The molecule has 2 spiro atoms. The number of carboxylic acid groups (broad SMARTS) is 1. The standard InChI is InChI=1S/C42H70O11/c1-11-29(38(46)47)31-15-14-23(4)36(50-31)27(8)34(44)26(7)35(45)30(12-2)37-24(5)22-25(6)41(51-37)19-16-32(43)42(53-41)21-20-39(10,52-42)33-17-18-40(48,13-3)28(9)49-33/h16,19,23-34,36-37,43-44,48H,11-15,17-18,20-22H2,1-10H3,(H,46,47)/t23-,24-,25+,26-,27-,28-,29+,30-,31+,32+,33+,34+,36+,37-,39-,40+,41-,42-/m1/s1. The van der Waals surface area contributed by atoms with Gasteiger partial charge in [0.2, 0.25) is 5.79 Å². The minimum absolute atomic E-state index is 0.0137. The van der Waals surface area contributed by atoms with Crippen molar-refractivity contribution in [1.82, 2.24) is 0 Å². The molecule has 53 heavy (non-hydrogen) atoms. The number of aliphatic hydroxyl groups excluding tert-OH is 2. The van der Waals surface area contributed by atoms with E-state index < -0.39 is 76.8 Å². The summed E-state index contributed by atoms with van der Waals surface area (Å²) >= 11 is 0. The smallest absolute Gasteiger partial charge is 0.309 e. The summed E-state index contributed by atoms with van der Waals surface area (Å²) in [5.41, 5.74) is -1.63. The third kappa shape index (κ3) is 7.94. The van der Waals surface area contributed by atoms with Gasteiger partial charge in [-0.2, -0.15) is 0 Å². The van der Waals surface area contributed by atoms with E-state index >= 15 is 0 Å². The number of aliphatic hydroxyl groups is 3. The molecule has 5 aliphatic heterocycles. The van der Waals surface area contributed by atoms with Gasteiger partial charge >= 0.3 is 5.97 Å². The summed E-state index contributed by atoms with van der Waals surface area (Å²) < 4.78 is 33.5. The SMILES string of the molecule is CC[C@H](C(=O)[C@H](C)[C@H](O)[C@@H](C)[C@H]1O[C@H]([C@H](CC)C(=O)O)CC[C@H]1C)[C@@H]1O[C@@]2(C=C[C@H](O)[C@@]3(CC[C@](C)([C@@H]4CC[C@@](O)(CC)[C@@H](C)O4)O3)O2)[C@@H](C)C[C@H]1C. The van der Waals surface area contributed by atoms with Crippen LogP contribution < -0.4 is 0 Å². The van der Waals surface area contributed by atoms with Crippen LogP contribution in [0, 0.1) is 41.4 Å². The maximum atomic E-state index is 14.4. The molecule has 0 aromatic carbocycles. The summed E-state index contributed by atoms with van der Waals surface area (Å²) in [7, 11) is 0. The summed E-state index contributed by atoms with van der Waals surface area (Å²) in [6.45, 7) is 19.6. The van der Waals surface area contributed by atoms with E-state index in [1.807, 2.05) is 41.5 Å². The molecule has 0 aliphatic carbocycles. The molecule has 0 aromatic heterocycles. The van der Waals surface area contributed by atoms with Crippen LogP contribution >= 0.6 is 0 Å². The quantitative estimate of drug-likeness (QED) is 0.169. The lowest BCUT2D eigenvalue weighted by Crippen LogP contribution is -2.63. The molecule has 0 amide bonds. The molecule has 4 N–H and O–H groups in total. The van der Waals surface area contributed by atoms with E-state index in [0.29, 0.717) is 57.8 Å². The van der Waals surface area contributed by atoms with E-state index in [2.05, 4.69) is 20.8 Å². The highest BCUT2D eigenvalue weighted by Crippen LogP contribution is 2.54. The van der Waals surface area contributed by atoms with Gasteiger partial charge in [-0.3, -0.25) is 9.59 Å². The number of carbonyl (C=O) groups excluding carboxylic acids is 1. The van der Waals surface area contributed by atoms with Gasteiger partial charge in [-0.25, -0.2) is 0 Å². The molecule has 5 aliphatic rings. The molecule has 0 unspecified atom stereocenters. The normalized spacial score (nSPS) is 46.2. The van der Waals surface area contributed by atoms with Gasteiger partial charge < -0.3 is 44.1 Å². The summed E-state index contributed by atoms with van der Waals surface area (Å²) in [6, 6.07) is 0. The second-order valence-corrected chi connectivity index (χ2v) is 17.9. The van der Waals surface area contributed by atoms with Gasteiger partial charge in [-0.05, 0) is 95.6 Å². The van der Waals surface area contributed by atoms with Crippen molar-refractivity contribution < 1.29 is 53.7 Å². The lowest BCUT2D eigenvalue weighted by atomic mass is 9.72.